The van der Waals surface area contributed by atoms with Gasteiger partial charge in [0.25, 0.3) is 0 Å². The molecule has 0 unspecified atom stereocenters. The number of rotatable bonds is 2. The average Bonchev–Trinajstić information content (AvgIpc) is 2.46. The first kappa shape index (κ1) is 11.8. The Bertz CT molecular complexity index is 738. The fraction of sp³-hybridized carbons (Fsp3) is 0.0625. The predicted octanol–water partition coefficient (Wildman–Crippen LogP) is 3.50. The van der Waals surface area contributed by atoms with Crippen LogP contribution >= 0.6 is 0 Å². The Balaban J connectivity index is 2.13. The van der Waals surface area contributed by atoms with E-state index in [1.54, 1.807) is 6.07 Å². The van der Waals surface area contributed by atoms with Gasteiger partial charge in [-0.1, -0.05) is 30.3 Å². The molecule has 0 bridgehead atoms. The quantitative estimate of drug-likeness (QED) is 0.758. The Labute approximate surface area is 110 Å². The third-order valence-corrected chi connectivity index (χ3v) is 3.14. The summed E-state index contributed by atoms with van der Waals surface area (Å²) in [6, 6.07) is 16.6. The molecule has 94 valence electrons. The van der Waals surface area contributed by atoms with Gasteiger partial charge in [0.2, 0.25) is 0 Å². The Morgan fingerprint density at radius 3 is 2.63 bits per heavy atom. The number of hydrogen-bond acceptors (Lipinski definition) is 2. The maximum atomic E-state index is 14.0. The second-order valence-electron chi connectivity index (χ2n) is 4.41. The van der Waals surface area contributed by atoms with Crippen LogP contribution in [0.1, 0.15) is 5.56 Å². The predicted molar refractivity (Wildman–Crippen MR) is 75.0 cm³/mol. The molecule has 0 radical (unpaired) electrons. The van der Waals surface area contributed by atoms with Crippen molar-refractivity contribution in [2.45, 2.75) is 6.54 Å². The lowest BCUT2D eigenvalue weighted by molar-refractivity contribution is 0.628. The Morgan fingerprint density at radius 1 is 1.00 bits per heavy atom. The number of para-hydroxylation sites is 1. The van der Waals surface area contributed by atoms with Crippen molar-refractivity contribution >= 4 is 10.9 Å². The summed E-state index contributed by atoms with van der Waals surface area (Å²) in [5.74, 6) is -0.286. The highest BCUT2D eigenvalue weighted by Gasteiger charge is 2.07. The molecular weight excluding hydrogens is 239 g/mol. The van der Waals surface area contributed by atoms with E-state index < -0.39 is 0 Å². The number of fused-ring (bicyclic) bond motifs is 1. The molecule has 2 N–H and O–H groups in total. The lowest BCUT2D eigenvalue weighted by atomic mass is 10.1. The first-order valence-electron chi connectivity index (χ1n) is 6.12. The van der Waals surface area contributed by atoms with Gasteiger partial charge in [-0.25, -0.2) is 9.37 Å². The maximum absolute atomic E-state index is 14.0. The van der Waals surface area contributed by atoms with Crippen molar-refractivity contribution in [2.24, 2.45) is 5.73 Å². The standard InChI is InChI=1S/C16H13FN2/c17-14-9-11(10-18)5-7-13(14)16-8-6-12-3-1-2-4-15(12)19-16/h1-9H,10,18H2. The van der Waals surface area contributed by atoms with Gasteiger partial charge in [0.15, 0.2) is 0 Å². The summed E-state index contributed by atoms with van der Waals surface area (Å²) in [5.41, 5.74) is 8.28. The van der Waals surface area contributed by atoms with Crippen LogP contribution in [-0.4, -0.2) is 4.98 Å². The molecule has 0 spiro atoms. The molecule has 0 saturated carbocycles. The van der Waals surface area contributed by atoms with Crippen LogP contribution in [0.2, 0.25) is 0 Å². The minimum absolute atomic E-state index is 0.286. The molecule has 1 aromatic heterocycles. The third-order valence-electron chi connectivity index (χ3n) is 3.14. The lowest BCUT2D eigenvalue weighted by Crippen LogP contribution is -1.98. The van der Waals surface area contributed by atoms with Crippen molar-refractivity contribution in [3.05, 3.63) is 66.0 Å². The molecule has 0 saturated heterocycles. The Morgan fingerprint density at radius 2 is 1.84 bits per heavy atom. The van der Waals surface area contributed by atoms with Gasteiger partial charge in [0, 0.05) is 17.5 Å². The highest BCUT2D eigenvalue weighted by molar-refractivity contribution is 5.81. The molecule has 3 heteroatoms. The molecule has 2 aromatic carbocycles. The van der Waals surface area contributed by atoms with E-state index in [2.05, 4.69) is 4.98 Å². The van der Waals surface area contributed by atoms with Crippen LogP contribution in [-0.2, 0) is 6.54 Å². The van der Waals surface area contributed by atoms with E-state index >= 15 is 0 Å². The lowest BCUT2D eigenvalue weighted by Gasteiger charge is -2.06. The summed E-state index contributed by atoms with van der Waals surface area (Å²) < 4.78 is 14.0. The van der Waals surface area contributed by atoms with Gasteiger partial charge in [-0.3, -0.25) is 0 Å². The smallest absolute Gasteiger partial charge is 0.132 e. The number of benzene rings is 2. The molecule has 1 heterocycles. The van der Waals surface area contributed by atoms with Crippen molar-refractivity contribution in [1.29, 1.82) is 0 Å². The monoisotopic (exact) mass is 252 g/mol. The fourth-order valence-electron chi connectivity index (χ4n) is 2.11. The highest BCUT2D eigenvalue weighted by atomic mass is 19.1. The molecule has 2 nitrogen and oxygen atoms in total. The first-order chi connectivity index (χ1) is 9.28. The van der Waals surface area contributed by atoms with Crippen LogP contribution in [0.4, 0.5) is 4.39 Å². The zero-order chi connectivity index (χ0) is 13.2. The van der Waals surface area contributed by atoms with Crippen LogP contribution in [0.15, 0.2) is 54.6 Å². The molecule has 0 aliphatic carbocycles. The van der Waals surface area contributed by atoms with E-state index in [1.807, 2.05) is 42.5 Å². The minimum Gasteiger partial charge on any atom is -0.326 e. The molecule has 3 aromatic rings. The summed E-state index contributed by atoms with van der Waals surface area (Å²) in [5, 5.41) is 1.05. The molecule has 0 amide bonds. The van der Waals surface area contributed by atoms with E-state index in [9.17, 15) is 4.39 Å². The second-order valence-corrected chi connectivity index (χ2v) is 4.41. The Hall–Kier alpha value is -2.26. The van der Waals surface area contributed by atoms with Crippen molar-refractivity contribution in [3.8, 4) is 11.3 Å². The summed E-state index contributed by atoms with van der Waals surface area (Å²) in [6.07, 6.45) is 0. The number of aromatic nitrogens is 1. The van der Waals surface area contributed by atoms with E-state index in [0.29, 0.717) is 17.8 Å². The number of hydrogen-bond donors (Lipinski definition) is 1. The molecule has 0 aliphatic rings. The van der Waals surface area contributed by atoms with Crippen molar-refractivity contribution in [1.82, 2.24) is 4.98 Å². The third kappa shape index (κ3) is 2.20. The largest absolute Gasteiger partial charge is 0.326 e. The van der Waals surface area contributed by atoms with Crippen molar-refractivity contribution < 1.29 is 4.39 Å². The van der Waals surface area contributed by atoms with Gasteiger partial charge in [0.05, 0.1) is 11.2 Å². The first-order valence-corrected chi connectivity index (χ1v) is 6.12. The zero-order valence-electron chi connectivity index (χ0n) is 10.3. The maximum Gasteiger partial charge on any atom is 0.132 e. The van der Waals surface area contributed by atoms with Gasteiger partial charge in [-0.05, 0) is 29.8 Å². The van der Waals surface area contributed by atoms with Crippen LogP contribution in [0.3, 0.4) is 0 Å². The number of nitrogens with two attached hydrogens (primary N) is 1. The van der Waals surface area contributed by atoms with Gasteiger partial charge in [-0.15, -0.1) is 0 Å². The van der Waals surface area contributed by atoms with Gasteiger partial charge >= 0.3 is 0 Å². The van der Waals surface area contributed by atoms with Gasteiger partial charge in [-0.2, -0.15) is 0 Å². The van der Waals surface area contributed by atoms with Crippen molar-refractivity contribution in [2.75, 3.05) is 0 Å². The number of pyridine rings is 1. The van der Waals surface area contributed by atoms with Crippen LogP contribution in [0.5, 0.6) is 0 Å². The summed E-state index contributed by atoms with van der Waals surface area (Å²) in [6.45, 7) is 0.336. The van der Waals surface area contributed by atoms with Crippen molar-refractivity contribution in [3.63, 3.8) is 0 Å². The van der Waals surface area contributed by atoms with E-state index in [4.69, 9.17) is 5.73 Å². The molecule has 0 aliphatic heterocycles. The molecule has 3 rings (SSSR count). The summed E-state index contributed by atoms with van der Waals surface area (Å²) in [7, 11) is 0. The Kier molecular flexibility index (Phi) is 2.97. The molecule has 0 fully saturated rings. The fourth-order valence-corrected chi connectivity index (χ4v) is 2.11. The molecular formula is C16H13FN2. The highest BCUT2D eigenvalue weighted by Crippen LogP contribution is 2.24. The van der Waals surface area contributed by atoms with Crippen LogP contribution in [0.25, 0.3) is 22.2 Å². The normalized spacial score (nSPS) is 10.8. The van der Waals surface area contributed by atoms with E-state index in [0.717, 1.165) is 16.5 Å². The molecule has 19 heavy (non-hydrogen) atoms. The second kappa shape index (κ2) is 4.78. The van der Waals surface area contributed by atoms with E-state index in [1.165, 1.54) is 6.07 Å². The minimum atomic E-state index is -0.286. The van der Waals surface area contributed by atoms with Crippen LogP contribution in [0, 0.1) is 5.82 Å². The topological polar surface area (TPSA) is 38.9 Å². The molecule has 0 atom stereocenters. The van der Waals surface area contributed by atoms with Gasteiger partial charge in [0.1, 0.15) is 5.82 Å². The summed E-state index contributed by atoms with van der Waals surface area (Å²) in [4.78, 5) is 4.49. The SMILES string of the molecule is NCc1ccc(-c2ccc3ccccc3n2)c(F)c1. The number of halogens is 1. The van der Waals surface area contributed by atoms with E-state index in [-0.39, 0.29) is 5.82 Å². The average molecular weight is 252 g/mol. The zero-order valence-corrected chi connectivity index (χ0v) is 10.3. The summed E-state index contributed by atoms with van der Waals surface area (Å²) >= 11 is 0. The van der Waals surface area contributed by atoms with Gasteiger partial charge < -0.3 is 5.73 Å². The van der Waals surface area contributed by atoms with Crippen LogP contribution < -0.4 is 5.73 Å². The number of nitrogens with zero attached hydrogens (tertiary/aromatic N) is 1.